The predicted octanol–water partition coefficient (Wildman–Crippen LogP) is 4.63. The number of hydrogen-bond donors (Lipinski definition) is 0. The second-order valence-corrected chi connectivity index (χ2v) is 6.87. The van der Waals surface area contributed by atoms with E-state index in [9.17, 15) is 0 Å². The van der Waals surface area contributed by atoms with Crippen LogP contribution in [-0.2, 0) is 0 Å². The van der Waals surface area contributed by atoms with Gasteiger partial charge in [0.2, 0.25) is 0 Å². The van der Waals surface area contributed by atoms with Crippen molar-refractivity contribution in [3.05, 3.63) is 82.9 Å². The Bertz CT molecular complexity index is 1110. The van der Waals surface area contributed by atoms with Crippen molar-refractivity contribution in [2.24, 2.45) is 20.4 Å². The molecule has 0 aliphatic carbocycles. The first-order valence-electron chi connectivity index (χ1n) is 10.3. The zero-order valence-electron chi connectivity index (χ0n) is 19.5. The molecule has 0 aliphatic rings. The summed E-state index contributed by atoms with van der Waals surface area (Å²) in [7, 11) is 6.38. The molecule has 0 spiro atoms. The van der Waals surface area contributed by atoms with Crippen molar-refractivity contribution in [3.63, 3.8) is 0 Å². The van der Waals surface area contributed by atoms with E-state index in [-0.39, 0.29) is 0 Å². The standard InChI is InChI=1S/C26H26N4O4/c1-31-23-11-9-21(13-25(23)33-3)17-29-27-15-19-5-7-20(8-6-19)16-28-30-18-22-10-12-24(32-2)26(14-22)34-4/h5-18H,1-4H3/b27-15+,28-16+,29-17+,30-18+. The lowest BCUT2D eigenvalue weighted by Crippen LogP contribution is -1.92. The molecule has 0 bridgehead atoms. The molecule has 0 aromatic heterocycles. The smallest absolute Gasteiger partial charge is 0.161 e. The van der Waals surface area contributed by atoms with E-state index < -0.39 is 0 Å². The van der Waals surface area contributed by atoms with Gasteiger partial charge in [-0.2, -0.15) is 20.4 Å². The van der Waals surface area contributed by atoms with Crippen LogP contribution in [0.4, 0.5) is 0 Å². The molecule has 3 rings (SSSR count). The number of hydrogen-bond acceptors (Lipinski definition) is 8. The summed E-state index contributed by atoms with van der Waals surface area (Å²) in [6, 6.07) is 18.8. The molecule has 0 saturated heterocycles. The summed E-state index contributed by atoms with van der Waals surface area (Å²) in [5, 5.41) is 16.4. The van der Waals surface area contributed by atoms with Crippen LogP contribution in [0, 0.1) is 0 Å². The van der Waals surface area contributed by atoms with Gasteiger partial charge in [0.15, 0.2) is 23.0 Å². The van der Waals surface area contributed by atoms with Crippen LogP contribution >= 0.6 is 0 Å². The van der Waals surface area contributed by atoms with Crippen molar-refractivity contribution in [1.82, 2.24) is 0 Å². The van der Waals surface area contributed by atoms with E-state index in [2.05, 4.69) is 20.4 Å². The average molecular weight is 459 g/mol. The maximum Gasteiger partial charge on any atom is 0.161 e. The summed E-state index contributed by atoms with van der Waals surface area (Å²) in [5.74, 6) is 2.61. The van der Waals surface area contributed by atoms with Gasteiger partial charge in [-0.05, 0) is 58.7 Å². The normalized spacial score (nSPS) is 11.6. The van der Waals surface area contributed by atoms with E-state index in [0.29, 0.717) is 23.0 Å². The molecule has 8 heteroatoms. The molecular weight excluding hydrogens is 432 g/mol. The summed E-state index contributed by atoms with van der Waals surface area (Å²) in [6.45, 7) is 0. The zero-order chi connectivity index (χ0) is 24.2. The monoisotopic (exact) mass is 458 g/mol. The first kappa shape index (κ1) is 24.2. The van der Waals surface area contributed by atoms with E-state index in [1.54, 1.807) is 53.3 Å². The molecular formula is C26H26N4O4. The number of rotatable bonds is 10. The topological polar surface area (TPSA) is 86.4 Å². The summed E-state index contributed by atoms with van der Waals surface area (Å²) in [6.07, 6.45) is 6.65. The van der Waals surface area contributed by atoms with Crippen molar-refractivity contribution in [1.29, 1.82) is 0 Å². The van der Waals surface area contributed by atoms with E-state index in [1.165, 1.54) is 0 Å². The molecule has 3 aromatic rings. The zero-order valence-corrected chi connectivity index (χ0v) is 19.5. The summed E-state index contributed by atoms with van der Waals surface area (Å²) in [4.78, 5) is 0. The Morgan fingerprint density at radius 1 is 0.412 bits per heavy atom. The molecule has 0 saturated carbocycles. The van der Waals surface area contributed by atoms with Crippen molar-refractivity contribution in [2.45, 2.75) is 0 Å². The summed E-state index contributed by atoms with van der Waals surface area (Å²) in [5.41, 5.74) is 3.54. The third-order valence-electron chi connectivity index (χ3n) is 4.71. The van der Waals surface area contributed by atoms with Gasteiger partial charge < -0.3 is 18.9 Å². The minimum absolute atomic E-state index is 0.640. The Hall–Kier alpha value is -4.46. The van der Waals surface area contributed by atoms with Gasteiger partial charge in [-0.15, -0.1) is 0 Å². The molecule has 174 valence electrons. The van der Waals surface area contributed by atoms with Gasteiger partial charge in [-0.1, -0.05) is 24.3 Å². The minimum atomic E-state index is 0.640. The van der Waals surface area contributed by atoms with E-state index in [1.807, 2.05) is 60.7 Å². The maximum absolute atomic E-state index is 5.29. The average Bonchev–Trinajstić information content (AvgIpc) is 2.89. The SMILES string of the molecule is COc1ccc(/C=N/N=C/c2ccc(/C=N/N=C/c3ccc(OC)c(OC)c3)cc2)cc1OC. The van der Waals surface area contributed by atoms with Crippen LogP contribution in [-0.4, -0.2) is 53.3 Å². The molecule has 0 N–H and O–H groups in total. The molecule has 0 unspecified atom stereocenters. The van der Waals surface area contributed by atoms with Gasteiger partial charge in [0, 0.05) is 0 Å². The van der Waals surface area contributed by atoms with E-state index >= 15 is 0 Å². The second-order valence-electron chi connectivity index (χ2n) is 6.87. The highest BCUT2D eigenvalue weighted by atomic mass is 16.5. The van der Waals surface area contributed by atoms with Crippen LogP contribution in [0.15, 0.2) is 81.1 Å². The molecule has 34 heavy (non-hydrogen) atoms. The van der Waals surface area contributed by atoms with Gasteiger partial charge >= 0.3 is 0 Å². The van der Waals surface area contributed by atoms with Crippen LogP contribution in [0.2, 0.25) is 0 Å². The Morgan fingerprint density at radius 3 is 1.03 bits per heavy atom. The highest BCUT2D eigenvalue weighted by Crippen LogP contribution is 2.27. The lowest BCUT2D eigenvalue weighted by Gasteiger charge is -2.07. The molecule has 0 amide bonds. The quantitative estimate of drug-likeness (QED) is 0.328. The summed E-state index contributed by atoms with van der Waals surface area (Å²) < 4.78 is 21.0. The molecule has 8 nitrogen and oxygen atoms in total. The fraction of sp³-hybridized carbons (Fsp3) is 0.154. The third kappa shape index (κ3) is 6.77. The Morgan fingerprint density at radius 2 is 0.706 bits per heavy atom. The number of methoxy groups -OCH3 is 4. The Labute approximate surface area is 198 Å². The van der Waals surface area contributed by atoms with E-state index in [4.69, 9.17) is 18.9 Å². The second kappa shape index (κ2) is 12.5. The van der Waals surface area contributed by atoms with Crippen LogP contribution in [0.5, 0.6) is 23.0 Å². The Kier molecular flexibility index (Phi) is 8.92. The third-order valence-corrected chi connectivity index (χ3v) is 4.71. The minimum Gasteiger partial charge on any atom is -0.493 e. The molecule has 3 aromatic carbocycles. The van der Waals surface area contributed by atoms with Crippen molar-refractivity contribution in [2.75, 3.05) is 28.4 Å². The lowest BCUT2D eigenvalue weighted by molar-refractivity contribution is 0.355. The predicted molar refractivity (Wildman–Crippen MR) is 136 cm³/mol. The lowest BCUT2D eigenvalue weighted by atomic mass is 10.2. The molecule has 0 atom stereocenters. The number of ether oxygens (including phenoxy) is 4. The van der Waals surface area contributed by atoms with Crippen molar-refractivity contribution >= 4 is 24.9 Å². The Balaban J connectivity index is 1.55. The van der Waals surface area contributed by atoms with E-state index in [0.717, 1.165) is 22.3 Å². The fourth-order valence-electron chi connectivity index (χ4n) is 2.93. The van der Waals surface area contributed by atoms with Gasteiger partial charge in [-0.25, -0.2) is 0 Å². The first-order chi connectivity index (χ1) is 16.7. The first-order valence-corrected chi connectivity index (χ1v) is 10.3. The van der Waals surface area contributed by atoms with Gasteiger partial charge in [0.25, 0.3) is 0 Å². The van der Waals surface area contributed by atoms with Crippen LogP contribution < -0.4 is 18.9 Å². The highest BCUT2D eigenvalue weighted by molar-refractivity contribution is 5.86. The fourth-order valence-corrected chi connectivity index (χ4v) is 2.93. The van der Waals surface area contributed by atoms with Gasteiger partial charge in [-0.3, -0.25) is 0 Å². The number of benzene rings is 3. The number of nitrogens with zero attached hydrogens (tertiary/aromatic N) is 4. The summed E-state index contributed by atoms with van der Waals surface area (Å²) >= 11 is 0. The van der Waals surface area contributed by atoms with Crippen molar-refractivity contribution < 1.29 is 18.9 Å². The molecule has 0 radical (unpaired) electrons. The molecule has 0 aliphatic heterocycles. The van der Waals surface area contributed by atoms with Crippen LogP contribution in [0.25, 0.3) is 0 Å². The molecule has 0 heterocycles. The van der Waals surface area contributed by atoms with Gasteiger partial charge in [0.05, 0.1) is 53.3 Å². The highest BCUT2D eigenvalue weighted by Gasteiger charge is 2.03. The largest absolute Gasteiger partial charge is 0.493 e. The van der Waals surface area contributed by atoms with Crippen molar-refractivity contribution in [3.8, 4) is 23.0 Å². The van der Waals surface area contributed by atoms with Gasteiger partial charge in [0.1, 0.15) is 0 Å². The molecule has 0 fully saturated rings. The maximum atomic E-state index is 5.29. The van der Waals surface area contributed by atoms with Crippen LogP contribution in [0.3, 0.4) is 0 Å². The van der Waals surface area contributed by atoms with Crippen LogP contribution in [0.1, 0.15) is 22.3 Å².